The van der Waals surface area contributed by atoms with Crippen LogP contribution < -0.4 is 5.32 Å². The van der Waals surface area contributed by atoms with Gasteiger partial charge in [-0.05, 0) is 11.5 Å². The molecule has 0 saturated carbocycles. The Balaban J connectivity index is 1.78. The third-order valence-corrected chi connectivity index (χ3v) is 3.50. The SMILES string of the molecule is CC(C)c1ccc(-c2noc(C3COCCN3)n2)cc1. The van der Waals surface area contributed by atoms with Crippen LogP contribution in [0.2, 0.25) is 0 Å². The second-order valence-electron chi connectivity index (χ2n) is 5.31. The highest BCUT2D eigenvalue weighted by Crippen LogP contribution is 2.22. The lowest BCUT2D eigenvalue weighted by Crippen LogP contribution is -2.34. The molecule has 0 aliphatic carbocycles. The zero-order valence-electron chi connectivity index (χ0n) is 11.8. The van der Waals surface area contributed by atoms with Gasteiger partial charge in [0.1, 0.15) is 6.04 Å². The Labute approximate surface area is 118 Å². The van der Waals surface area contributed by atoms with E-state index < -0.39 is 0 Å². The van der Waals surface area contributed by atoms with E-state index in [0.29, 0.717) is 24.2 Å². The summed E-state index contributed by atoms with van der Waals surface area (Å²) in [5.74, 6) is 1.74. The van der Waals surface area contributed by atoms with E-state index in [1.807, 2.05) is 12.1 Å². The molecule has 20 heavy (non-hydrogen) atoms. The minimum absolute atomic E-state index is 0.0000581. The van der Waals surface area contributed by atoms with Gasteiger partial charge >= 0.3 is 0 Å². The van der Waals surface area contributed by atoms with Crippen LogP contribution in [0.1, 0.15) is 37.3 Å². The van der Waals surface area contributed by atoms with E-state index in [0.717, 1.165) is 18.7 Å². The molecule has 1 N–H and O–H groups in total. The normalized spacial score (nSPS) is 19.4. The summed E-state index contributed by atoms with van der Waals surface area (Å²) in [6.07, 6.45) is 0. The maximum Gasteiger partial charge on any atom is 0.246 e. The molecular weight excluding hydrogens is 254 g/mol. The van der Waals surface area contributed by atoms with Gasteiger partial charge in [-0.15, -0.1) is 0 Å². The largest absolute Gasteiger partial charge is 0.378 e. The van der Waals surface area contributed by atoms with Crippen molar-refractivity contribution in [3.63, 3.8) is 0 Å². The molecule has 0 spiro atoms. The predicted octanol–water partition coefficient (Wildman–Crippen LogP) is 2.52. The number of nitrogens with zero attached hydrogens (tertiary/aromatic N) is 2. The third kappa shape index (κ3) is 2.73. The zero-order valence-corrected chi connectivity index (χ0v) is 11.8. The van der Waals surface area contributed by atoms with Gasteiger partial charge in [-0.2, -0.15) is 4.98 Å². The van der Waals surface area contributed by atoms with Crippen molar-refractivity contribution in [2.45, 2.75) is 25.8 Å². The van der Waals surface area contributed by atoms with Crippen LogP contribution in [-0.2, 0) is 4.74 Å². The molecule has 0 radical (unpaired) electrons. The minimum atomic E-state index is -0.0000581. The number of nitrogens with one attached hydrogen (secondary N) is 1. The quantitative estimate of drug-likeness (QED) is 0.931. The van der Waals surface area contributed by atoms with Gasteiger partial charge in [0.25, 0.3) is 0 Å². The lowest BCUT2D eigenvalue weighted by molar-refractivity contribution is 0.0659. The number of rotatable bonds is 3. The summed E-state index contributed by atoms with van der Waals surface area (Å²) >= 11 is 0. The van der Waals surface area contributed by atoms with E-state index in [9.17, 15) is 0 Å². The first-order valence-electron chi connectivity index (χ1n) is 6.99. The van der Waals surface area contributed by atoms with Gasteiger partial charge in [0.15, 0.2) is 0 Å². The second kappa shape index (κ2) is 5.73. The summed E-state index contributed by atoms with van der Waals surface area (Å²) in [5.41, 5.74) is 2.28. The topological polar surface area (TPSA) is 60.2 Å². The Hall–Kier alpha value is -1.72. The molecule has 1 unspecified atom stereocenters. The molecule has 1 aliphatic rings. The van der Waals surface area contributed by atoms with Crippen LogP contribution in [0.4, 0.5) is 0 Å². The maximum absolute atomic E-state index is 5.40. The Morgan fingerprint density at radius 2 is 2.05 bits per heavy atom. The number of morpholine rings is 1. The van der Waals surface area contributed by atoms with Crippen LogP contribution in [-0.4, -0.2) is 29.9 Å². The lowest BCUT2D eigenvalue weighted by atomic mass is 10.0. The van der Waals surface area contributed by atoms with E-state index in [-0.39, 0.29) is 6.04 Å². The molecule has 1 atom stereocenters. The first-order valence-corrected chi connectivity index (χ1v) is 6.99. The van der Waals surface area contributed by atoms with Crippen molar-refractivity contribution in [3.8, 4) is 11.4 Å². The van der Waals surface area contributed by atoms with E-state index in [4.69, 9.17) is 9.26 Å². The van der Waals surface area contributed by atoms with Gasteiger partial charge in [-0.1, -0.05) is 43.3 Å². The molecule has 1 aromatic carbocycles. The van der Waals surface area contributed by atoms with E-state index in [1.54, 1.807) is 0 Å². The zero-order chi connectivity index (χ0) is 13.9. The maximum atomic E-state index is 5.40. The Bertz CT molecular complexity index is 557. The fraction of sp³-hybridized carbons (Fsp3) is 0.467. The van der Waals surface area contributed by atoms with Gasteiger partial charge in [-0.25, -0.2) is 0 Å². The fourth-order valence-electron chi connectivity index (χ4n) is 2.24. The van der Waals surface area contributed by atoms with Gasteiger partial charge in [0.2, 0.25) is 11.7 Å². The average Bonchev–Trinajstić information content (AvgIpc) is 2.98. The minimum Gasteiger partial charge on any atom is -0.378 e. The number of hydrogen-bond acceptors (Lipinski definition) is 5. The molecule has 1 saturated heterocycles. The summed E-state index contributed by atoms with van der Waals surface area (Å²) in [6, 6.07) is 8.29. The molecule has 5 nitrogen and oxygen atoms in total. The van der Waals surface area contributed by atoms with Crippen molar-refractivity contribution in [1.29, 1.82) is 0 Å². The van der Waals surface area contributed by atoms with Crippen molar-refractivity contribution in [2.75, 3.05) is 19.8 Å². The number of ether oxygens (including phenoxy) is 1. The van der Waals surface area contributed by atoms with Crippen LogP contribution in [0.15, 0.2) is 28.8 Å². The predicted molar refractivity (Wildman–Crippen MR) is 75.4 cm³/mol. The third-order valence-electron chi connectivity index (χ3n) is 3.50. The highest BCUT2D eigenvalue weighted by atomic mass is 16.5. The molecule has 1 aromatic heterocycles. The molecule has 106 valence electrons. The second-order valence-corrected chi connectivity index (χ2v) is 5.31. The van der Waals surface area contributed by atoms with E-state index in [2.05, 4.69) is 41.4 Å². The summed E-state index contributed by atoms with van der Waals surface area (Å²) in [7, 11) is 0. The van der Waals surface area contributed by atoms with Crippen LogP contribution in [0.25, 0.3) is 11.4 Å². The van der Waals surface area contributed by atoms with Gasteiger partial charge in [0, 0.05) is 12.1 Å². The van der Waals surface area contributed by atoms with Crippen LogP contribution in [0, 0.1) is 0 Å². The molecule has 3 rings (SSSR count). The summed E-state index contributed by atoms with van der Waals surface area (Å²) in [5, 5.41) is 7.36. The fourth-order valence-corrected chi connectivity index (χ4v) is 2.24. The molecule has 2 aromatic rings. The average molecular weight is 273 g/mol. The monoisotopic (exact) mass is 273 g/mol. The summed E-state index contributed by atoms with van der Waals surface area (Å²) < 4.78 is 10.7. The van der Waals surface area contributed by atoms with Crippen molar-refractivity contribution >= 4 is 0 Å². The Morgan fingerprint density at radius 1 is 1.25 bits per heavy atom. The smallest absolute Gasteiger partial charge is 0.246 e. The highest BCUT2D eigenvalue weighted by Gasteiger charge is 2.21. The first kappa shape index (κ1) is 13.3. The lowest BCUT2D eigenvalue weighted by Gasteiger charge is -2.20. The Morgan fingerprint density at radius 3 is 2.70 bits per heavy atom. The number of aromatic nitrogens is 2. The summed E-state index contributed by atoms with van der Waals surface area (Å²) in [6.45, 7) is 6.47. The molecule has 1 fully saturated rings. The molecule has 1 aliphatic heterocycles. The van der Waals surface area contributed by atoms with Crippen molar-refractivity contribution in [2.24, 2.45) is 0 Å². The van der Waals surface area contributed by atoms with Gasteiger partial charge in [0.05, 0.1) is 13.2 Å². The van der Waals surface area contributed by atoms with Crippen molar-refractivity contribution < 1.29 is 9.26 Å². The first-order chi connectivity index (χ1) is 9.74. The van der Waals surface area contributed by atoms with Gasteiger partial charge < -0.3 is 14.6 Å². The molecule has 5 heteroatoms. The molecule has 2 heterocycles. The van der Waals surface area contributed by atoms with Crippen LogP contribution >= 0.6 is 0 Å². The van der Waals surface area contributed by atoms with Crippen LogP contribution in [0.3, 0.4) is 0 Å². The van der Waals surface area contributed by atoms with E-state index >= 15 is 0 Å². The standard InChI is InChI=1S/C15H19N3O2/c1-10(2)11-3-5-12(6-4-11)14-17-15(20-18-14)13-9-19-8-7-16-13/h3-6,10,13,16H,7-9H2,1-2H3. The van der Waals surface area contributed by atoms with Gasteiger partial charge in [-0.3, -0.25) is 0 Å². The molecule has 0 amide bonds. The van der Waals surface area contributed by atoms with E-state index in [1.165, 1.54) is 5.56 Å². The van der Waals surface area contributed by atoms with Crippen molar-refractivity contribution in [1.82, 2.24) is 15.5 Å². The number of benzene rings is 1. The summed E-state index contributed by atoms with van der Waals surface area (Å²) in [4.78, 5) is 4.46. The van der Waals surface area contributed by atoms with Crippen molar-refractivity contribution in [3.05, 3.63) is 35.7 Å². The van der Waals surface area contributed by atoms with Crippen LogP contribution in [0.5, 0.6) is 0 Å². The highest BCUT2D eigenvalue weighted by molar-refractivity contribution is 5.54. The number of hydrogen-bond donors (Lipinski definition) is 1. The Kier molecular flexibility index (Phi) is 3.80. The molecule has 0 bridgehead atoms. The molecular formula is C15H19N3O2.